The second-order valence-electron chi connectivity index (χ2n) is 8.16. The van der Waals surface area contributed by atoms with Crippen LogP contribution in [0.3, 0.4) is 0 Å². The minimum atomic E-state index is -0.652. The van der Waals surface area contributed by atoms with Gasteiger partial charge in [-0.05, 0) is 78.8 Å². The van der Waals surface area contributed by atoms with Crippen LogP contribution in [-0.2, 0) is 22.6 Å². The Morgan fingerprint density at radius 2 is 1.82 bits per heavy atom. The molecule has 0 spiro atoms. The van der Waals surface area contributed by atoms with E-state index in [0.29, 0.717) is 44.8 Å². The van der Waals surface area contributed by atoms with E-state index in [2.05, 4.69) is 11.9 Å². The summed E-state index contributed by atoms with van der Waals surface area (Å²) in [4.78, 5) is 27.2. The van der Waals surface area contributed by atoms with Crippen molar-refractivity contribution in [3.8, 4) is 11.5 Å². The number of amides is 2. The molecule has 0 bridgehead atoms. The fraction of sp³-hybridized carbons (Fsp3) is 0.107. The first-order chi connectivity index (χ1) is 18.2. The van der Waals surface area contributed by atoms with Crippen molar-refractivity contribution in [2.24, 2.45) is 0 Å². The van der Waals surface area contributed by atoms with Gasteiger partial charge in [-0.1, -0.05) is 35.3 Å². The number of benzene rings is 3. The molecule has 1 aliphatic heterocycles. The number of halogens is 3. The number of carbonyl (C=O) groups is 2. The van der Waals surface area contributed by atoms with Gasteiger partial charge in [0.2, 0.25) is 0 Å². The van der Waals surface area contributed by atoms with Crippen molar-refractivity contribution in [1.82, 2.24) is 5.32 Å². The maximum Gasteiger partial charge on any atom is 0.270 e. The highest BCUT2D eigenvalue weighted by molar-refractivity contribution is 7.80. The maximum absolute atomic E-state index is 13.4. The molecule has 0 saturated carbocycles. The molecule has 3 aromatic rings. The molecule has 6 nitrogen and oxygen atoms in total. The van der Waals surface area contributed by atoms with Crippen molar-refractivity contribution in [2.75, 3.05) is 12.0 Å². The van der Waals surface area contributed by atoms with Gasteiger partial charge < -0.3 is 9.47 Å². The molecule has 10 heteroatoms. The van der Waals surface area contributed by atoms with Crippen molar-refractivity contribution in [3.05, 3.63) is 105 Å². The number of methoxy groups -OCH3 is 1. The number of ether oxygens (including phenoxy) is 2. The van der Waals surface area contributed by atoms with Crippen LogP contribution >= 0.6 is 35.4 Å². The van der Waals surface area contributed by atoms with Crippen molar-refractivity contribution >= 4 is 64.1 Å². The Bertz CT molecular complexity index is 1470. The van der Waals surface area contributed by atoms with Gasteiger partial charge in [-0.15, -0.1) is 6.58 Å². The maximum atomic E-state index is 13.4. The molecule has 38 heavy (non-hydrogen) atoms. The Kier molecular flexibility index (Phi) is 8.46. The van der Waals surface area contributed by atoms with Crippen molar-refractivity contribution < 1.29 is 23.5 Å². The van der Waals surface area contributed by atoms with Crippen LogP contribution in [0.5, 0.6) is 11.5 Å². The number of allylic oxidation sites excluding steroid dienone is 1. The monoisotopic (exact) mass is 570 g/mol. The second kappa shape index (κ2) is 11.8. The fourth-order valence-corrected chi connectivity index (χ4v) is 4.57. The third kappa shape index (κ3) is 5.88. The third-order valence-electron chi connectivity index (χ3n) is 5.62. The van der Waals surface area contributed by atoms with Crippen molar-refractivity contribution in [1.29, 1.82) is 0 Å². The number of nitrogens with one attached hydrogen (secondary N) is 1. The van der Waals surface area contributed by atoms with E-state index in [1.54, 1.807) is 36.4 Å². The number of hydrogen-bond acceptors (Lipinski definition) is 5. The Balaban J connectivity index is 1.70. The highest BCUT2D eigenvalue weighted by atomic mass is 35.5. The highest BCUT2D eigenvalue weighted by Crippen LogP contribution is 2.36. The zero-order valence-electron chi connectivity index (χ0n) is 20.1. The first-order valence-electron chi connectivity index (χ1n) is 11.3. The van der Waals surface area contributed by atoms with E-state index in [9.17, 15) is 14.0 Å². The Morgan fingerprint density at radius 1 is 1.08 bits per heavy atom. The predicted octanol–water partition coefficient (Wildman–Crippen LogP) is 6.28. The summed E-state index contributed by atoms with van der Waals surface area (Å²) < 4.78 is 25.1. The summed E-state index contributed by atoms with van der Waals surface area (Å²) in [5.41, 5.74) is 2.12. The minimum absolute atomic E-state index is 0.0988. The Morgan fingerprint density at radius 3 is 2.47 bits per heavy atom. The standard InChI is InChI=1S/C28H21Cl2FN2O4S/c1-3-4-17-11-16(13-24(36-2)25(17)37-15-18-5-6-19(29)14-23(18)30)12-22-26(34)32-28(38)33(27(22)35)21-9-7-20(31)8-10-21/h3,5-14H,1,4,15H2,2H3,(H,32,34,38). The predicted molar refractivity (Wildman–Crippen MR) is 150 cm³/mol. The first kappa shape index (κ1) is 27.3. The lowest BCUT2D eigenvalue weighted by Gasteiger charge is -2.29. The molecule has 0 aliphatic carbocycles. The molecule has 1 saturated heterocycles. The summed E-state index contributed by atoms with van der Waals surface area (Å²) in [5, 5.41) is 3.39. The van der Waals surface area contributed by atoms with Gasteiger partial charge >= 0.3 is 0 Å². The van der Waals surface area contributed by atoms with E-state index in [1.807, 2.05) is 0 Å². The number of nitrogens with zero attached hydrogens (tertiary/aromatic N) is 1. The number of hydrogen-bond donors (Lipinski definition) is 1. The zero-order valence-corrected chi connectivity index (χ0v) is 22.4. The SMILES string of the molecule is C=CCc1cc(C=C2C(=O)NC(=S)N(c3ccc(F)cc3)C2=O)cc(OC)c1OCc1ccc(Cl)cc1Cl. The molecule has 0 aromatic heterocycles. The van der Waals surface area contributed by atoms with Crippen LogP contribution in [0.25, 0.3) is 6.08 Å². The van der Waals surface area contributed by atoms with Gasteiger partial charge in [-0.25, -0.2) is 4.39 Å². The molecular weight excluding hydrogens is 550 g/mol. The zero-order chi connectivity index (χ0) is 27.4. The van der Waals surface area contributed by atoms with Crippen LogP contribution in [0.4, 0.5) is 10.1 Å². The average molecular weight is 571 g/mol. The molecular formula is C28H21Cl2FN2O4S. The minimum Gasteiger partial charge on any atom is -0.493 e. The van der Waals surface area contributed by atoms with Gasteiger partial charge in [0.15, 0.2) is 16.6 Å². The van der Waals surface area contributed by atoms with E-state index >= 15 is 0 Å². The average Bonchev–Trinajstić information content (AvgIpc) is 2.87. The van der Waals surface area contributed by atoms with E-state index in [0.717, 1.165) is 10.5 Å². The highest BCUT2D eigenvalue weighted by Gasteiger charge is 2.34. The molecule has 3 aromatic carbocycles. The topological polar surface area (TPSA) is 67.9 Å². The first-order valence-corrected chi connectivity index (χ1v) is 12.4. The molecule has 194 valence electrons. The summed E-state index contributed by atoms with van der Waals surface area (Å²) in [6.07, 6.45) is 3.55. The fourth-order valence-electron chi connectivity index (χ4n) is 3.83. The van der Waals surface area contributed by atoms with Gasteiger partial charge in [0.05, 0.1) is 12.8 Å². The van der Waals surface area contributed by atoms with Crippen LogP contribution in [0.1, 0.15) is 16.7 Å². The summed E-state index contributed by atoms with van der Waals surface area (Å²) in [7, 11) is 1.49. The number of anilines is 1. The number of thiocarbonyl (C=S) groups is 1. The molecule has 4 rings (SSSR count). The van der Waals surface area contributed by atoms with Gasteiger partial charge in [0, 0.05) is 21.2 Å². The smallest absolute Gasteiger partial charge is 0.270 e. The van der Waals surface area contributed by atoms with Crippen LogP contribution < -0.4 is 19.7 Å². The van der Waals surface area contributed by atoms with Gasteiger partial charge in [0.1, 0.15) is 18.0 Å². The largest absolute Gasteiger partial charge is 0.493 e. The van der Waals surface area contributed by atoms with E-state index in [-0.39, 0.29) is 17.3 Å². The normalized spacial score (nSPS) is 14.5. The van der Waals surface area contributed by atoms with Crippen LogP contribution in [-0.4, -0.2) is 24.0 Å². The molecule has 1 fully saturated rings. The molecule has 0 radical (unpaired) electrons. The molecule has 2 amide bonds. The lowest BCUT2D eigenvalue weighted by Crippen LogP contribution is -2.54. The third-order valence-corrected chi connectivity index (χ3v) is 6.49. The van der Waals surface area contributed by atoms with Gasteiger partial charge in [0.25, 0.3) is 11.8 Å². The quantitative estimate of drug-likeness (QED) is 0.149. The number of carbonyl (C=O) groups excluding carboxylic acids is 2. The van der Waals surface area contributed by atoms with E-state index in [1.165, 1.54) is 37.5 Å². The molecule has 1 aliphatic rings. The number of rotatable bonds is 8. The summed E-state index contributed by atoms with van der Waals surface area (Å²) in [6.45, 7) is 3.96. The molecule has 1 heterocycles. The Labute approximate surface area is 234 Å². The molecule has 0 unspecified atom stereocenters. The lowest BCUT2D eigenvalue weighted by atomic mass is 10.0. The van der Waals surface area contributed by atoms with Gasteiger partial charge in [-0.2, -0.15) is 0 Å². The molecule has 1 N–H and O–H groups in total. The van der Waals surface area contributed by atoms with Crippen molar-refractivity contribution in [2.45, 2.75) is 13.0 Å². The summed E-state index contributed by atoms with van der Waals surface area (Å²) in [6, 6.07) is 13.7. The van der Waals surface area contributed by atoms with Crippen LogP contribution in [0.2, 0.25) is 10.0 Å². The summed E-state index contributed by atoms with van der Waals surface area (Å²) in [5.74, 6) is -0.913. The second-order valence-corrected chi connectivity index (χ2v) is 9.39. The van der Waals surface area contributed by atoms with E-state index in [4.69, 9.17) is 44.9 Å². The van der Waals surface area contributed by atoms with Crippen LogP contribution in [0, 0.1) is 5.82 Å². The van der Waals surface area contributed by atoms with Crippen LogP contribution in [0.15, 0.2) is 72.8 Å². The molecule has 0 atom stereocenters. The van der Waals surface area contributed by atoms with Crippen molar-refractivity contribution in [3.63, 3.8) is 0 Å². The summed E-state index contributed by atoms with van der Waals surface area (Å²) >= 11 is 17.5. The Hall–Kier alpha value is -3.72. The van der Waals surface area contributed by atoms with E-state index < -0.39 is 17.6 Å². The van der Waals surface area contributed by atoms with Gasteiger partial charge in [-0.3, -0.25) is 19.8 Å². The lowest BCUT2D eigenvalue weighted by molar-refractivity contribution is -0.122.